The van der Waals surface area contributed by atoms with Crippen molar-refractivity contribution in [3.63, 3.8) is 0 Å². The summed E-state index contributed by atoms with van der Waals surface area (Å²) < 4.78 is 56.2. The summed E-state index contributed by atoms with van der Waals surface area (Å²) >= 11 is 0. The van der Waals surface area contributed by atoms with Crippen LogP contribution in [-0.4, -0.2) is 12.8 Å². The van der Waals surface area contributed by atoms with Crippen molar-refractivity contribution < 1.29 is 17.7 Å². The fourth-order valence-corrected chi connectivity index (χ4v) is 1.44. The minimum atomic E-state index is -2.43. The summed E-state index contributed by atoms with van der Waals surface area (Å²) in [4.78, 5) is 0. The van der Waals surface area contributed by atoms with Crippen molar-refractivity contribution in [2.75, 3.05) is 6.75 Å². The zero-order chi connectivity index (χ0) is 14.1. The number of ether oxygens (including phenoxy) is 2. The van der Waals surface area contributed by atoms with E-state index in [0.29, 0.717) is 0 Å². The third kappa shape index (κ3) is 1.00. The van der Waals surface area contributed by atoms with Gasteiger partial charge in [0.2, 0.25) is 6.75 Å². The summed E-state index contributed by atoms with van der Waals surface area (Å²) in [5, 5.41) is 0. The van der Waals surface area contributed by atoms with Crippen molar-refractivity contribution >= 4 is 0 Å². The van der Waals surface area contributed by atoms with Crippen molar-refractivity contribution in [2.45, 2.75) is 18.8 Å². The highest BCUT2D eigenvalue weighted by Crippen LogP contribution is 2.37. The highest BCUT2D eigenvalue weighted by molar-refractivity contribution is 5.50. The topological polar surface area (TPSA) is 44.5 Å². The van der Waals surface area contributed by atoms with Crippen LogP contribution < -0.4 is 15.2 Å². The van der Waals surface area contributed by atoms with Crippen molar-refractivity contribution in [2.24, 2.45) is 5.73 Å². The van der Waals surface area contributed by atoms with Crippen molar-refractivity contribution in [1.29, 1.82) is 0 Å². The molecule has 2 N–H and O–H groups in total. The molecule has 2 aliphatic rings. The van der Waals surface area contributed by atoms with Crippen molar-refractivity contribution in [3.8, 4) is 11.5 Å². The van der Waals surface area contributed by atoms with Gasteiger partial charge in [-0.3, -0.25) is 0 Å². The SMILES string of the molecule is [2H]c1c2c(c([2H])c3c1C([2H])C(N)C3[2H])OC([2H])([2H])O2. The van der Waals surface area contributed by atoms with Gasteiger partial charge in [-0.2, -0.15) is 0 Å². The third-order valence-electron chi connectivity index (χ3n) is 2.00. The monoisotopic (exact) mass is 183 g/mol. The summed E-state index contributed by atoms with van der Waals surface area (Å²) in [7, 11) is 0. The molecule has 13 heavy (non-hydrogen) atoms. The molecule has 0 radical (unpaired) electrons. The van der Waals surface area contributed by atoms with E-state index in [4.69, 9.17) is 23.4 Å². The van der Waals surface area contributed by atoms with Crippen LogP contribution >= 0.6 is 0 Å². The maximum Gasteiger partial charge on any atom is 0.231 e. The summed E-state index contributed by atoms with van der Waals surface area (Å²) in [6.07, 6.45) is -1.98. The van der Waals surface area contributed by atoms with E-state index in [1.165, 1.54) is 0 Å². The number of hydrogen-bond acceptors (Lipinski definition) is 3. The van der Waals surface area contributed by atoms with Crippen LogP contribution in [0.1, 0.15) is 19.4 Å². The summed E-state index contributed by atoms with van der Waals surface area (Å²) in [6, 6.07) is -1.25. The van der Waals surface area contributed by atoms with Crippen LogP contribution in [0.15, 0.2) is 12.1 Å². The Morgan fingerprint density at radius 1 is 1.31 bits per heavy atom. The smallest absolute Gasteiger partial charge is 0.231 e. The van der Waals surface area contributed by atoms with Gasteiger partial charge in [0.25, 0.3) is 0 Å². The Morgan fingerprint density at radius 3 is 2.38 bits per heavy atom. The molecule has 1 aromatic rings. The van der Waals surface area contributed by atoms with Gasteiger partial charge in [-0.05, 0) is 36.0 Å². The van der Waals surface area contributed by atoms with Crippen molar-refractivity contribution in [1.82, 2.24) is 0 Å². The number of benzene rings is 1. The maximum atomic E-state index is 7.98. The van der Waals surface area contributed by atoms with Gasteiger partial charge >= 0.3 is 0 Å². The summed E-state index contributed by atoms with van der Waals surface area (Å²) in [5.41, 5.74) is 6.05. The second kappa shape index (κ2) is 2.39. The van der Waals surface area contributed by atoms with Crippen molar-refractivity contribution in [3.05, 3.63) is 23.2 Å². The Bertz CT molecular complexity index is 531. The molecule has 0 amide bonds. The summed E-state index contributed by atoms with van der Waals surface area (Å²) in [6.45, 7) is -2.43. The molecule has 1 aliphatic heterocycles. The van der Waals surface area contributed by atoms with E-state index in [9.17, 15) is 0 Å². The van der Waals surface area contributed by atoms with Gasteiger partial charge in [0.15, 0.2) is 11.5 Å². The van der Waals surface area contributed by atoms with Gasteiger partial charge in [0.1, 0.15) is 2.74 Å². The van der Waals surface area contributed by atoms with E-state index in [1.807, 2.05) is 0 Å². The second-order valence-electron chi connectivity index (χ2n) is 2.93. The third-order valence-corrected chi connectivity index (χ3v) is 2.00. The molecule has 0 saturated heterocycles. The molecule has 2 atom stereocenters. The first-order valence-corrected chi connectivity index (χ1v) is 3.89. The standard InChI is InChI=1S/C10H11NO2/c11-8-1-6-3-9-10(13-5-12-9)4-7(6)2-8/h3-4,8H,1-2,5,11H2/i1D,2D,3D,4D,5D2. The maximum absolute atomic E-state index is 7.98. The average molecular weight is 183 g/mol. The molecular formula is C10H11NO2. The van der Waals surface area contributed by atoms with Crippen LogP contribution in [0.25, 0.3) is 0 Å². The average Bonchev–Trinajstić information content (AvgIpc) is 2.77. The van der Waals surface area contributed by atoms with Gasteiger partial charge in [0.05, 0.1) is 2.74 Å². The lowest BCUT2D eigenvalue weighted by atomic mass is 10.1. The van der Waals surface area contributed by atoms with Crippen LogP contribution in [-0.2, 0) is 12.8 Å². The van der Waals surface area contributed by atoms with E-state index in [1.54, 1.807) is 0 Å². The lowest BCUT2D eigenvalue weighted by Crippen LogP contribution is -2.19. The molecular weight excluding hydrogens is 166 g/mol. The lowest BCUT2D eigenvalue weighted by Gasteiger charge is -2.00. The quantitative estimate of drug-likeness (QED) is 0.648. The normalized spacial score (nSPS) is 45.2. The number of nitrogens with two attached hydrogens (primary N) is 1. The molecule has 0 bridgehead atoms. The Hall–Kier alpha value is -1.22. The first kappa shape index (κ1) is 3.50. The fraction of sp³-hybridized carbons (Fsp3) is 0.400. The minimum Gasteiger partial charge on any atom is -0.454 e. The number of fused-ring (bicyclic) bond motifs is 2. The second-order valence-corrected chi connectivity index (χ2v) is 2.93. The zero-order valence-corrected chi connectivity index (χ0v) is 6.63. The molecule has 0 fully saturated rings. The van der Waals surface area contributed by atoms with Crippen LogP contribution in [0.5, 0.6) is 11.5 Å². The van der Waals surface area contributed by atoms with Crippen LogP contribution in [0.3, 0.4) is 0 Å². The molecule has 0 aromatic heterocycles. The first-order valence-electron chi connectivity index (χ1n) is 7.05. The van der Waals surface area contributed by atoms with Crippen LogP contribution in [0.4, 0.5) is 0 Å². The van der Waals surface area contributed by atoms with E-state index < -0.39 is 25.6 Å². The minimum absolute atomic E-state index is 0.164. The zero-order valence-electron chi connectivity index (χ0n) is 12.6. The predicted molar refractivity (Wildman–Crippen MR) is 47.9 cm³/mol. The van der Waals surface area contributed by atoms with Gasteiger partial charge in [-0.1, -0.05) is 0 Å². The molecule has 3 rings (SSSR count). The lowest BCUT2D eigenvalue weighted by molar-refractivity contribution is 0.174. The molecule has 1 heterocycles. The summed E-state index contributed by atoms with van der Waals surface area (Å²) in [5.74, 6) is -0.375. The van der Waals surface area contributed by atoms with E-state index in [2.05, 4.69) is 0 Å². The van der Waals surface area contributed by atoms with Crippen LogP contribution in [0.2, 0.25) is 0 Å². The van der Waals surface area contributed by atoms with E-state index in [0.717, 1.165) is 0 Å². The highest BCUT2D eigenvalue weighted by atomic mass is 16.7. The Balaban J connectivity index is 2.28. The predicted octanol–water partition coefficient (Wildman–Crippen LogP) is 0.841. The molecule has 0 saturated carbocycles. The first-order chi connectivity index (χ1) is 8.74. The molecule has 68 valence electrons. The molecule has 1 aliphatic carbocycles. The number of hydrogen-bond donors (Lipinski definition) is 1. The molecule has 3 heteroatoms. The Morgan fingerprint density at radius 2 is 1.85 bits per heavy atom. The van der Waals surface area contributed by atoms with Gasteiger partial charge in [0, 0.05) is 8.78 Å². The van der Waals surface area contributed by atoms with Gasteiger partial charge in [-0.25, -0.2) is 0 Å². The van der Waals surface area contributed by atoms with E-state index >= 15 is 0 Å². The van der Waals surface area contributed by atoms with Gasteiger partial charge in [-0.15, -0.1) is 0 Å². The fourth-order valence-electron chi connectivity index (χ4n) is 1.44. The molecule has 3 nitrogen and oxygen atoms in total. The Kier molecular flexibility index (Phi) is 0.643. The largest absolute Gasteiger partial charge is 0.454 e. The highest BCUT2D eigenvalue weighted by Gasteiger charge is 2.23. The van der Waals surface area contributed by atoms with E-state index in [-0.39, 0.29) is 34.7 Å². The molecule has 0 spiro atoms. The number of rotatable bonds is 0. The molecule has 1 aromatic carbocycles. The molecule has 2 unspecified atom stereocenters. The van der Waals surface area contributed by atoms with Gasteiger partial charge < -0.3 is 15.2 Å². The van der Waals surface area contributed by atoms with Crippen LogP contribution in [0, 0.1) is 0 Å². The Labute approximate surface area is 84.9 Å².